The van der Waals surface area contributed by atoms with Crippen LogP contribution < -0.4 is 14.2 Å². The van der Waals surface area contributed by atoms with E-state index < -0.39 is 10.1 Å². The molecule has 7 nitrogen and oxygen atoms in total. The summed E-state index contributed by atoms with van der Waals surface area (Å²) in [6.45, 7) is 8.13. The van der Waals surface area contributed by atoms with Crippen molar-refractivity contribution in [3.63, 3.8) is 0 Å². The summed E-state index contributed by atoms with van der Waals surface area (Å²) < 4.78 is 33.7. The van der Waals surface area contributed by atoms with Crippen molar-refractivity contribution in [3.05, 3.63) is 54.1 Å². The van der Waals surface area contributed by atoms with Crippen LogP contribution in [0.25, 0.3) is 0 Å². The number of rotatable bonds is 9. The molecule has 0 saturated heterocycles. The van der Waals surface area contributed by atoms with Crippen molar-refractivity contribution in [2.24, 2.45) is 0 Å². The summed E-state index contributed by atoms with van der Waals surface area (Å²) in [4.78, 5) is 14.5. The van der Waals surface area contributed by atoms with Crippen LogP contribution in [0.15, 0.2) is 48.5 Å². The maximum atomic E-state index is 12.9. The number of amides is 2. The van der Waals surface area contributed by atoms with Crippen LogP contribution >= 0.6 is 0 Å². The number of benzene rings is 2. The van der Waals surface area contributed by atoms with Crippen molar-refractivity contribution in [3.8, 4) is 11.5 Å². The molecule has 8 heteroatoms. The third kappa shape index (κ3) is 6.67. The first-order chi connectivity index (χ1) is 13.8. The van der Waals surface area contributed by atoms with Crippen molar-refractivity contribution < 1.29 is 22.1 Å². The molecule has 0 atom stereocenters. The van der Waals surface area contributed by atoms with Crippen LogP contribution in [0.1, 0.15) is 33.3 Å². The molecule has 0 aliphatic heterocycles. The normalized spacial score (nSPS) is 11.2. The first-order valence-corrected chi connectivity index (χ1v) is 11.1. The summed E-state index contributed by atoms with van der Waals surface area (Å²) in [6.07, 6.45) is 0. The van der Waals surface area contributed by atoms with Gasteiger partial charge in [-0.25, -0.2) is 4.79 Å². The number of carbonyl (C=O) groups is 1. The zero-order valence-corrected chi connectivity index (χ0v) is 18.0. The second kappa shape index (κ2) is 10.2. The first kappa shape index (κ1) is 22.5. The number of hydrogen-bond acceptors (Lipinski definition) is 5. The number of nitrogens with zero attached hydrogens (tertiary/aromatic N) is 1. The number of anilines is 1. The minimum Gasteiger partial charge on any atom is -0.492 e. The smallest absolute Gasteiger partial charge is 0.322 e. The van der Waals surface area contributed by atoms with E-state index in [2.05, 4.69) is 5.32 Å². The van der Waals surface area contributed by atoms with E-state index in [1.54, 1.807) is 35.2 Å². The number of hydrogen-bond donors (Lipinski definition) is 1. The van der Waals surface area contributed by atoms with Crippen molar-refractivity contribution in [1.29, 1.82) is 0 Å². The molecule has 2 aromatic rings. The molecule has 0 aromatic heterocycles. The second-order valence-electron chi connectivity index (χ2n) is 6.65. The third-order valence-corrected chi connectivity index (χ3v) is 5.32. The van der Waals surface area contributed by atoms with Gasteiger partial charge in [0.05, 0.1) is 18.0 Å². The molecule has 0 aliphatic rings. The highest BCUT2D eigenvalue weighted by molar-refractivity contribution is 7.87. The van der Waals surface area contributed by atoms with Gasteiger partial charge in [-0.3, -0.25) is 0 Å². The highest BCUT2D eigenvalue weighted by Crippen LogP contribution is 2.25. The fourth-order valence-electron chi connectivity index (χ4n) is 2.58. The minimum absolute atomic E-state index is 0.0503. The third-order valence-electron chi connectivity index (χ3n) is 4.17. The quantitative estimate of drug-likeness (QED) is 0.613. The summed E-state index contributed by atoms with van der Waals surface area (Å²) in [5.74, 6) is 0.770. The molecule has 0 bridgehead atoms. The lowest BCUT2D eigenvalue weighted by atomic mass is 10.2. The van der Waals surface area contributed by atoms with Crippen molar-refractivity contribution >= 4 is 21.8 Å². The molecular formula is C21H28N2O5S. The number of urea groups is 1. The Hall–Kier alpha value is -2.74. The predicted octanol–water partition coefficient (Wildman–Crippen LogP) is 4.26. The van der Waals surface area contributed by atoms with E-state index >= 15 is 0 Å². The highest BCUT2D eigenvalue weighted by Gasteiger charge is 2.19. The van der Waals surface area contributed by atoms with Crippen molar-refractivity contribution in [1.82, 2.24) is 4.90 Å². The SMILES string of the molecule is CCOc1ccccc1NC(=O)N(Cc1ccc(OS(=O)(=O)CC)cc1)C(C)C. The first-order valence-electron chi connectivity index (χ1n) is 9.56. The lowest BCUT2D eigenvalue weighted by Gasteiger charge is -2.27. The van der Waals surface area contributed by atoms with Gasteiger partial charge in [-0.1, -0.05) is 24.3 Å². The fourth-order valence-corrected chi connectivity index (χ4v) is 3.10. The molecule has 0 aliphatic carbocycles. The number of nitrogens with one attached hydrogen (secondary N) is 1. The zero-order chi connectivity index (χ0) is 21.4. The van der Waals surface area contributed by atoms with Crippen LogP contribution in [0.5, 0.6) is 11.5 Å². The van der Waals surface area contributed by atoms with Crippen LogP contribution in [-0.4, -0.2) is 37.8 Å². The van der Waals surface area contributed by atoms with Crippen LogP contribution in [0.2, 0.25) is 0 Å². The van der Waals surface area contributed by atoms with Gasteiger partial charge in [-0.15, -0.1) is 0 Å². The summed E-state index contributed by atoms with van der Waals surface area (Å²) in [6, 6.07) is 13.7. The number of para-hydroxylation sites is 2. The Labute approximate surface area is 172 Å². The molecule has 0 heterocycles. The predicted molar refractivity (Wildman–Crippen MR) is 114 cm³/mol. The summed E-state index contributed by atoms with van der Waals surface area (Å²) in [7, 11) is -3.57. The molecule has 0 radical (unpaired) electrons. The topological polar surface area (TPSA) is 84.9 Å². The monoisotopic (exact) mass is 420 g/mol. The second-order valence-corrected chi connectivity index (χ2v) is 8.51. The Bertz CT molecular complexity index is 911. The highest BCUT2D eigenvalue weighted by atomic mass is 32.2. The Balaban J connectivity index is 2.11. The van der Waals surface area contributed by atoms with Gasteiger partial charge in [0.1, 0.15) is 11.5 Å². The maximum Gasteiger partial charge on any atom is 0.322 e. The van der Waals surface area contributed by atoms with E-state index in [1.807, 2.05) is 39.0 Å². The van der Waals surface area contributed by atoms with E-state index in [9.17, 15) is 13.2 Å². The molecule has 2 amide bonds. The van der Waals surface area contributed by atoms with Crippen molar-refractivity contribution in [2.75, 3.05) is 17.7 Å². The van der Waals surface area contributed by atoms with E-state index in [-0.39, 0.29) is 23.6 Å². The van der Waals surface area contributed by atoms with Gasteiger partial charge < -0.3 is 19.1 Å². The Morgan fingerprint density at radius 2 is 1.72 bits per heavy atom. The average molecular weight is 421 g/mol. The molecule has 0 spiro atoms. The van der Waals surface area contributed by atoms with Gasteiger partial charge in [-0.05, 0) is 57.5 Å². The molecular weight excluding hydrogens is 392 g/mol. The fraction of sp³-hybridized carbons (Fsp3) is 0.381. The summed E-state index contributed by atoms with van der Waals surface area (Å²) in [5.41, 5.74) is 1.46. The largest absolute Gasteiger partial charge is 0.492 e. The standard InChI is InChI=1S/C21H28N2O5S/c1-5-27-20-10-8-7-9-19(20)22-21(24)23(16(3)4)15-17-11-13-18(14-12-17)28-29(25,26)6-2/h7-14,16H,5-6,15H2,1-4H3,(H,22,24). The Morgan fingerprint density at radius 1 is 1.07 bits per heavy atom. The summed E-state index contributed by atoms with van der Waals surface area (Å²) in [5, 5.41) is 2.91. The van der Waals surface area contributed by atoms with Gasteiger partial charge in [0.2, 0.25) is 0 Å². The van der Waals surface area contributed by atoms with E-state index in [4.69, 9.17) is 8.92 Å². The van der Waals surface area contributed by atoms with E-state index in [1.165, 1.54) is 6.92 Å². The lowest BCUT2D eigenvalue weighted by molar-refractivity contribution is 0.193. The molecule has 0 unspecified atom stereocenters. The number of carbonyl (C=O) groups excluding carboxylic acids is 1. The van der Waals surface area contributed by atoms with Crippen LogP contribution in [-0.2, 0) is 16.7 Å². The van der Waals surface area contributed by atoms with Crippen LogP contribution in [0.4, 0.5) is 10.5 Å². The van der Waals surface area contributed by atoms with Gasteiger partial charge >= 0.3 is 16.1 Å². The summed E-state index contributed by atoms with van der Waals surface area (Å²) >= 11 is 0. The number of ether oxygens (including phenoxy) is 1. The molecule has 0 saturated carbocycles. The van der Waals surface area contributed by atoms with Gasteiger partial charge in [-0.2, -0.15) is 8.42 Å². The molecule has 1 N–H and O–H groups in total. The van der Waals surface area contributed by atoms with Gasteiger partial charge in [0.25, 0.3) is 0 Å². The van der Waals surface area contributed by atoms with Crippen LogP contribution in [0, 0.1) is 0 Å². The molecule has 158 valence electrons. The van der Waals surface area contributed by atoms with Gasteiger partial charge in [0.15, 0.2) is 0 Å². The lowest BCUT2D eigenvalue weighted by Crippen LogP contribution is -2.39. The van der Waals surface area contributed by atoms with E-state index in [0.29, 0.717) is 24.6 Å². The maximum absolute atomic E-state index is 12.9. The average Bonchev–Trinajstić information content (AvgIpc) is 2.68. The molecule has 29 heavy (non-hydrogen) atoms. The molecule has 2 rings (SSSR count). The minimum atomic E-state index is -3.57. The Morgan fingerprint density at radius 3 is 2.31 bits per heavy atom. The van der Waals surface area contributed by atoms with Gasteiger partial charge in [0, 0.05) is 12.6 Å². The van der Waals surface area contributed by atoms with Crippen molar-refractivity contribution in [2.45, 2.75) is 40.3 Å². The zero-order valence-electron chi connectivity index (χ0n) is 17.2. The Kier molecular flexibility index (Phi) is 7.90. The van der Waals surface area contributed by atoms with E-state index in [0.717, 1.165) is 5.56 Å². The van der Waals surface area contributed by atoms with Crippen LogP contribution in [0.3, 0.4) is 0 Å². The molecule has 0 fully saturated rings. The molecule has 2 aromatic carbocycles.